The Balaban J connectivity index is 2.30. The minimum absolute atomic E-state index is 0.0276. The summed E-state index contributed by atoms with van der Waals surface area (Å²) in [7, 11) is 0. The highest BCUT2D eigenvalue weighted by atomic mass is 35.5. The zero-order chi connectivity index (χ0) is 14.6. The molecule has 2 aromatic rings. The maximum Gasteiger partial charge on any atom is 0.0708 e. The molecular weight excluding hydrogens is 268 g/mol. The van der Waals surface area contributed by atoms with E-state index in [2.05, 4.69) is 48.4 Å². The molecule has 0 radical (unpaired) electrons. The SMILES string of the molecule is CCC(CC)(CCl)NCc1cc(C)nc2ccccc12. The van der Waals surface area contributed by atoms with E-state index in [1.807, 2.05) is 13.0 Å². The van der Waals surface area contributed by atoms with E-state index in [0.717, 1.165) is 30.6 Å². The van der Waals surface area contributed by atoms with Crippen molar-refractivity contribution in [2.45, 2.75) is 45.7 Å². The monoisotopic (exact) mass is 290 g/mol. The van der Waals surface area contributed by atoms with Gasteiger partial charge in [-0.1, -0.05) is 32.0 Å². The fourth-order valence-corrected chi connectivity index (χ4v) is 3.03. The Morgan fingerprint density at radius 3 is 2.55 bits per heavy atom. The first-order chi connectivity index (χ1) is 9.64. The summed E-state index contributed by atoms with van der Waals surface area (Å²) < 4.78 is 0. The third kappa shape index (κ3) is 3.13. The van der Waals surface area contributed by atoms with Crippen LogP contribution >= 0.6 is 11.6 Å². The minimum atomic E-state index is 0.0276. The van der Waals surface area contributed by atoms with E-state index in [1.165, 1.54) is 10.9 Å². The van der Waals surface area contributed by atoms with Gasteiger partial charge in [0.2, 0.25) is 0 Å². The second-order valence-electron chi connectivity index (χ2n) is 5.41. The van der Waals surface area contributed by atoms with Crippen LogP contribution in [0.15, 0.2) is 30.3 Å². The lowest BCUT2D eigenvalue weighted by Crippen LogP contribution is -2.45. The van der Waals surface area contributed by atoms with Crippen molar-refractivity contribution in [2.24, 2.45) is 0 Å². The second-order valence-corrected chi connectivity index (χ2v) is 5.68. The molecule has 2 rings (SSSR count). The molecule has 0 saturated carbocycles. The number of para-hydroxylation sites is 1. The number of fused-ring (bicyclic) bond motifs is 1. The molecule has 0 fully saturated rings. The van der Waals surface area contributed by atoms with E-state index in [-0.39, 0.29) is 5.54 Å². The molecular formula is C17H23ClN2. The number of aromatic nitrogens is 1. The molecule has 20 heavy (non-hydrogen) atoms. The summed E-state index contributed by atoms with van der Waals surface area (Å²) >= 11 is 6.17. The highest BCUT2D eigenvalue weighted by Crippen LogP contribution is 2.21. The van der Waals surface area contributed by atoms with Gasteiger partial charge in [0.15, 0.2) is 0 Å². The van der Waals surface area contributed by atoms with Crippen LogP contribution in [0.3, 0.4) is 0 Å². The summed E-state index contributed by atoms with van der Waals surface area (Å²) in [5.41, 5.74) is 3.45. The second kappa shape index (κ2) is 6.55. The van der Waals surface area contributed by atoms with Crippen molar-refractivity contribution in [3.05, 3.63) is 41.6 Å². The summed E-state index contributed by atoms with van der Waals surface area (Å²) in [6.45, 7) is 7.26. The normalized spacial score (nSPS) is 12.0. The highest BCUT2D eigenvalue weighted by molar-refractivity contribution is 6.18. The molecule has 1 heterocycles. The van der Waals surface area contributed by atoms with Crippen molar-refractivity contribution >= 4 is 22.5 Å². The molecule has 0 aliphatic rings. The van der Waals surface area contributed by atoms with Gasteiger partial charge in [-0.05, 0) is 37.5 Å². The predicted molar refractivity (Wildman–Crippen MR) is 87.4 cm³/mol. The predicted octanol–water partition coefficient (Wildman–Crippen LogP) is 4.43. The van der Waals surface area contributed by atoms with Crippen LogP contribution < -0.4 is 5.32 Å². The van der Waals surface area contributed by atoms with Crippen LogP contribution in [0.5, 0.6) is 0 Å². The van der Waals surface area contributed by atoms with Crippen molar-refractivity contribution in [3.63, 3.8) is 0 Å². The first-order valence-electron chi connectivity index (χ1n) is 7.30. The topological polar surface area (TPSA) is 24.9 Å². The molecule has 0 atom stereocenters. The average Bonchev–Trinajstić information content (AvgIpc) is 2.49. The molecule has 0 spiro atoms. The zero-order valence-corrected chi connectivity index (χ0v) is 13.3. The van der Waals surface area contributed by atoms with Gasteiger partial charge in [0.05, 0.1) is 5.52 Å². The molecule has 108 valence electrons. The number of nitrogens with zero attached hydrogens (tertiary/aromatic N) is 1. The first kappa shape index (κ1) is 15.3. The lowest BCUT2D eigenvalue weighted by atomic mass is 9.94. The largest absolute Gasteiger partial charge is 0.306 e. The maximum atomic E-state index is 6.17. The lowest BCUT2D eigenvalue weighted by molar-refractivity contribution is 0.335. The summed E-state index contributed by atoms with van der Waals surface area (Å²) in [6, 6.07) is 10.5. The Labute approximate surface area is 126 Å². The van der Waals surface area contributed by atoms with Crippen LogP contribution in [0, 0.1) is 6.92 Å². The summed E-state index contributed by atoms with van der Waals surface area (Å²) in [4.78, 5) is 4.59. The molecule has 0 amide bonds. The number of benzene rings is 1. The summed E-state index contributed by atoms with van der Waals surface area (Å²) in [6.07, 6.45) is 2.07. The van der Waals surface area contributed by atoms with Gasteiger partial charge < -0.3 is 5.32 Å². The number of pyridine rings is 1. The molecule has 0 aliphatic carbocycles. The zero-order valence-electron chi connectivity index (χ0n) is 12.5. The van der Waals surface area contributed by atoms with E-state index >= 15 is 0 Å². The molecule has 2 nitrogen and oxygen atoms in total. The van der Waals surface area contributed by atoms with Crippen molar-refractivity contribution in [3.8, 4) is 0 Å². The highest BCUT2D eigenvalue weighted by Gasteiger charge is 2.24. The van der Waals surface area contributed by atoms with Gasteiger partial charge in [-0.3, -0.25) is 4.98 Å². The van der Waals surface area contributed by atoms with Gasteiger partial charge in [0.1, 0.15) is 0 Å². The summed E-state index contributed by atoms with van der Waals surface area (Å²) in [5.74, 6) is 0.641. The molecule has 0 bridgehead atoms. The Bertz CT molecular complexity index is 568. The van der Waals surface area contributed by atoms with E-state index < -0.39 is 0 Å². The molecule has 1 aromatic carbocycles. The van der Waals surface area contributed by atoms with E-state index in [9.17, 15) is 0 Å². The maximum absolute atomic E-state index is 6.17. The number of hydrogen-bond donors (Lipinski definition) is 1. The number of halogens is 1. The average molecular weight is 291 g/mol. The number of alkyl halides is 1. The van der Waals surface area contributed by atoms with Crippen molar-refractivity contribution in [1.82, 2.24) is 10.3 Å². The van der Waals surface area contributed by atoms with Crippen LogP contribution in [-0.2, 0) is 6.54 Å². The number of rotatable bonds is 6. The van der Waals surface area contributed by atoms with Gasteiger partial charge in [-0.2, -0.15) is 0 Å². The molecule has 1 aromatic heterocycles. The number of aryl methyl sites for hydroxylation is 1. The standard InChI is InChI=1S/C17H23ClN2/c1-4-17(5-2,12-18)19-11-14-10-13(3)20-16-9-7-6-8-15(14)16/h6-10,19H,4-5,11-12H2,1-3H3. The Morgan fingerprint density at radius 1 is 1.20 bits per heavy atom. The van der Waals surface area contributed by atoms with Crippen LogP contribution in [0.25, 0.3) is 10.9 Å². The molecule has 0 unspecified atom stereocenters. The van der Waals surface area contributed by atoms with Crippen LogP contribution in [0.2, 0.25) is 0 Å². The molecule has 1 N–H and O–H groups in total. The Hall–Kier alpha value is -1.12. The minimum Gasteiger partial charge on any atom is -0.306 e. The van der Waals surface area contributed by atoms with Crippen molar-refractivity contribution < 1.29 is 0 Å². The van der Waals surface area contributed by atoms with Crippen molar-refractivity contribution in [1.29, 1.82) is 0 Å². The molecule has 3 heteroatoms. The third-order valence-electron chi connectivity index (χ3n) is 4.19. The smallest absolute Gasteiger partial charge is 0.0708 e. The van der Waals surface area contributed by atoms with Gasteiger partial charge in [-0.15, -0.1) is 11.6 Å². The van der Waals surface area contributed by atoms with Crippen LogP contribution in [-0.4, -0.2) is 16.4 Å². The number of hydrogen-bond acceptors (Lipinski definition) is 2. The third-order valence-corrected chi connectivity index (χ3v) is 4.70. The van der Waals surface area contributed by atoms with E-state index in [0.29, 0.717) is 5.88 Å². The lowest BCUT2D eigenvalue weighted by Gasteiger charge is -2.31. The van der Waals surface area contributed by atoms with Gasteiger partial charge in [0, 0.05) is 29.0 Å². The molecule has 0 aliphatic heterocycles. The Kier molecular flexibility index (Phi) is 5.00. The van der Waals surface area contributed by atoms with Gasteiger partial charge >= 0.3 is 0 Å². The number of nitrogens with one attached hydrogen (secondary N) is 1. The molecule has 0 saturated heterocycles. The fourth-order valence-electron chi connectivity index (χ4n) is 2.56. The van der Waals surface area contributed by atoms with E-state index in [1.54, 1.807) is 0 Å². The van der Waals surface area contributed by atoms with Crippen molar-refractivity contribution in [2.75, 3.05) is 5.88 Å². The van der Waals surface area contributed by atoms with Gasteiger partial charge in [-0.25, -0.2) is 0 Å². The quantitative estimate of drug-likeness (QED) is 0.796. The summed E-state index contributed by atoms with van der Waals surface area (Å²) in [5, 5.41) is 4.88. The Morgan fingerprint density at radius 2 is 1.90 bits per heavy atom. The van der Waals surface area contributed by atoms with Gasteiger partial charge in [0.25, 0.3) is 0 Å². The first-order valence-corrected chi connectivity index (χ1v) is 7.84. The van der Waals surface area contributed by atoms with E-state index in [4.69, 9.17) is 11.6 Å². The van der Waals surface area contributed by atoms with Crippen LogP contribution in [0.1, 0.15) is 37.9 Å². The fraction of sp³-hybridized carbons (Fsp3) is 0.471. The van der Waals surface area contributed by atoms with Crippen LogP contribution in [0.4, 0.5) is 0 Å².